The Hall–Kier alpha value is -1.38. The topological polar surface area (TPSA) is 33.2 Å². The zero-order valence-corrected chi connectivity index (χ0v) is 12.0. The summed E-state index contributed by atoms with van der Waals surface area (Å²) in [5, 5.41) is 0. The number of amides is 1. The summed E-state index contributed by atoms with van der Waals surface area (Å²) in [5.41, 5.74) is 1.19. The van der Waals surface area contributed by atoms with Gasteiger partial charge in [0.25, 0.3) is 0 Å². The van der Waals surface area contributed by atoms with Gasteiger partial charge in [-0.2, -0.15) is 0 Å². The molecule has 104 valence electrons. The number of carbonyl (C=O) groups excluding carboxylic acids is 1. The molecule has 3 nitrogen and oxygen atoms in total. The lowest BCUT2D eigenvalue weighted by Gasteiger charge is -2.34. The molecule has 1 aliphatic rings. The van der Waals surface area contributed by atoms with Gasteiger partial charge < -0.3 is 4.90 Å². The quantitative estimate of drug-likeness (QED) is 0.834. The van der Waals surface area contributed by atoms with Gasteiger partial charge in [-0.1, -0.05) is 13.8 Å². The van der Waals surface area contributed by atoms with Crippen molar-refractivity contribution in [3.05, 3.63) is 30.1 Å². The number of hydrogen-bond acceptors (Lipinski definition) is 2. The van der Waals surface area contributed by atoms with E-state index < -0.39 is 0 Å². The molecule has 2 rings (SSSR count). The van der Waals surface area contributed by atoms with Gasteiger partial charge in [-0.05, 0) is 48.8 Å². The van der Waals surface area contributed by atoms with Crippen molar-refractivity contribution in [1.82, 2.24) is 9.88 Å². The number of nitrogens with zero attached hydrogens (tertiary/aromatic N) is 2. The van der Waals surface area contributed by atoms with Gasteiger partial charge >= 0.3 is 0 Å². The first kappa shape index (κ1) is 14.0. The molecule has 1 saturated heterocycles. The molecule has 0 spiro atoms. The largest absolute Gasteiger partial charge is 0.343 e. The Morgan fingerprint density at radius 1 is 1.32 bits per heavy atom. The van der Waals surface area contributed by atoms with Gasteiger partial charge in [-0.25, -0.2) is 0 Å². The van der Waals surface area contributed by atoms with Crippen LogP contribution in [0.4, 0.5) is 0 Å². The third kappa shape index (κ3) is 4.05. The fourth-order valence-corrected chi connectivity index (χ4v) is 2.77. The average molecular weight is 260 g/mol. The molecule has 0 radical (unpaired) electrons. The second-order valence-electron chi connectivity index (χ2n) is 5.82. The minimum absolute atomic E-state index is 0.305. The van der Waals surface area contributed by atoms with Crippen molar-refractivity contribution in [3.8, 4) is 0 Å². The average Bonchev–Trinajstić information content (AvgIpc) is 2.46. The summed E-state index contributed by atoms with van der Waals surface area (Å²) >= 11 is 0. The zero-order valence-electron chi connectivity index (χ0n) is 12.0. The number of carbonyl (C=O) groups is 1. The number of aryl methyl sites for hydroxylation is 1. The summed E-state index contributed by atoms with van der Waals surface area (Å²) in [6.07, 6.45) is 7.35. The minimum atomic E-state index is 0.305. The van der Waals surface area contributed by atoms with Gasteiger partial charge in [-0.3, -0.25) is 9.78 Å². The maximum absolute atomic E-state index is 12.2. The van der Waals surface area contributed by atoms with Crippen LogP contribution in [0.15, 0.2) is 24.5 Å². The van der Waals surface area contributed by atoms with E-state index in [9.17, 15) is 4.79 Å². The molecular formula is C16H24N2O. The minimum Gasteiger partial charge on any atom is -0.343 e. The highest BCUT2D eigenvalue weighted by Crippen LogP contribution is 2.24. The number of rotatable bonds is 4. The molecule has 1 fully saturated rings. The number of piperidine rings is 1. The SMILES string of the molecule is CC(C)C1CCN(C(=O)CCc2ccncc2)CC1. The Kier molecular flexibility index (Phi) is 4.94. The van der Waals surface area contributed by atoms with Crippen LogP contribution in [0.25, 0.3) is 0 Å². The van der Waals surface area contributed by atoms with Crippen LogP contribution in [0.2, 0.25) is 0 Å². The first-order valence-corrected chi connectivity index (χ1v) is 7.33. The van der Waals surface area contributed by atoms with E-state index in [0.29, 0.717) is 12.3 Å². The highest BCUT2D eigenvalue weighted by atomic mass is 16.2. The van der Waals surface area contributed by atoms with Crippen LogP contribution in [0.1, 0.15) is 38.7 Å². The maximum Gasteiger partial charge on any atom is 0.222 e. The summed E-state index contributed by atoms with van der Waals surface area (Å²) in [5.74, 6) is 1.84. The van der Waals surface area contributed by atoms with Crippen LogP contribution in [0.3, 0.4) is 0 Å². The molecule has 0 aliphatic carbocycles. The van der Waals surface area contributed by atoms with E-state index in [1.54, 1.807) is 12.4 Å². The number of pyridine rings is 1. The molecule has 19 heavy (non-hydrogen) atoms. The van der Waals surface area contributed by atoms with Crippen LogP contribution in [0.5, 0.6) is 0 Å². The summed E-state index contributed by atoms with van der Waals surface area (Å²) in [6, 6.07) is 3.97. The van der Waals surface area contributed by atoms with Crippen LogP contribution in [-0.2, 0) is 11.2 Å². The molecule has 1 aromatic heterocycles. The van der Waals surface area contributed by atoms with Crippen LogP contribution in [0, 0.1) is 11.8 Å². The monoisotopic (exact) mass is 260 g/mol. The van der Waals surface area contributed by atoms with E-state index in [0.717, 1.165) is 31.3 Å². The molecule has 1 aliphatic heterocycles. The Labute approximate surface area is 116 Å². The summed E-state index contributed by atoms with van der Waals surface area (Å²) in [7, 11) is 0. The van der Waals surface area contributed by atoms with Gasteiger partial charge in [0.1, 0.15) is 0 Å². The fourth-order valence-electron chi connectivity index (χ4n) is 2.77. The molecule has 0 atom stereocenters. The number of hydrogen-bond donors (Lipinski definition) is 0. The Morgan fingerprint density at radius 2 is 1.95 bits per heavy atom. The van der Waals surface area contributed by atoms with Gasteiger partial charge in [0.05, 0.1) is 0 Å². The molecular weight excluding hydrogens is 236 g/mol. The second-order valence-corrected chi connectivity index (χ2v) is 5.82. The van der Waals surface area contributed by atoms with Gasteiger partial charge in [0, 0.05) is 31.9 Å². The van der Waals surface area contributed by atoms with E-state index in [-0.39, 0.29) is 0 Å². The molecule has 3 heteroatoms. The molecule has 0 N–H and O–H groups in total. The molecule has 0 aromatic carbocycles. The van der Waals surface area contributed by atoms with Crippen molar-refractivity contribution in [3.63, 3.8) is 0 Å². The van der Waals surface area contributed by atoms with Crippen LogP contribution < -0.4 is 0 Å². The first-order chi connectivity index (χ1) is 9.16. The predicted molar refractivity (Wildman–Crippen MR) is 76.7 cm³/mol. The Bertz CT molecular complexity index is 394. The Balaban J connectivity index is 1.76. The van der Waals surface area contributed by atoms with Gasteiger partial charge in [-0.15, -0.1) is 0 Å². The highest BCUT2D eigenvalue weighted by molar-refractivity contribution is 5.76. The molecule has 1 amide bonds. The van der Waals surface area contributed by atoms with E-state index >= 15 is 0 Å². The van der Waals surface area contributed by atoms with E-state index in [2.05, 4.69) is 18.8 Å². The van der Waals surface area contributed by atoms with Gasteiger partial charge in [0.15, 0.2) is 0 Å². The lowest BCUT2D eigenvalue weighted by atomic mass is 9.86. The fraction of sp³-hybridized carbons (Fsp3) is 0.625. The first-order valence-electron chi connectivity index (χ1n) is 7.33. The van der Waals surface area contributed by atoms with Gasteiger partial charge in [0.2, 0.25) is 5.91 Å². The van der Waals surface area contributed by atoms with Crippen molar-refractivity contribution in [2.24, 2.45) is 11.8 Å². The number of likely N-dealkylation sites (tertiary alicyclic amines) is 1. The molecule has 0 bridgehead atoms. The van der Waals surface area contributed by atoms with Crippen molar-refractivity contribution in [2.45, 2.75) is 39.5 Å². The lowest BCUT2D eigenvalue weighted by Crippen LogP contribution is -2.39. The third-order valence-corrected chi connectivity index (χ3v) is 4.21. The smallest absolute Gasteiger partial charge is 0.222 e. The molecule has 1 aromatic rings. The third-order valence-electron chi connectivity index (χ3n) is 4.21. The Morgan fingerprint density at radius 3 is 2.53 bits per heavy atom. The van der Waals surface area contributed by atoms with Crippen molar-refractivity contribution in [2.75, 3.05) is 13.1 Å². The zero-order chi connectivity index (χ0) is 13.7. The lowest BCUT2D eigenvalue weighted by molar-refractivity contribution is -0.132. The van der Waals surface area contributed by atoms with E-state index in [1.165, 1.54) is 18.4 Å². The second kappa shape index (κ2) is 6.69. The van der Waals surface area contributed by atoms with Crippen molar-refractivity contribution < 1.29 is 4.79 Å². The summed E-state index contributed by atoms with van der Waals surface area (Å²) in [6.45, 7) is 6.45. The molecule has 0 unspecified atom stereocenters. The highest BCUT2D eigenvalue weighted by Gasteiger charge is 2.24. The summed E-state index contributed by atoms with van der Waals surface area (Å²) < 4.78 is 0. The van der Waals surface area contributed by atoms with Crippen LogP contribution in [-0.4, -0.2) is 28.9 Å². The van der Waals surface area contributed by atoms with Crippen molar-refractivity contribution >= 4 is 5.91 Å². The predicted octanol–water partition coefficient (Wildman–Crippen LogP) is 2.91. The number of aromatic nitrogens is 1. The molecule has 2 heterocycles. The summed E-state index contributed by atoms with van der Waals surface area (Å²) in [4.78, 5) is 18.2. The van der Waals surface area contributed by atoms with E-state index in [4.69, 9.17) is 0 Å². The van der Waals surface area contributed by atoms with Crippen molar-refractivity contribution in [1.29, 1.82) is 0 Å². The van der Waals surface area contributed by atoms with Crippen LogP contribution >= 0.6 is 0 Å². The standard InChI is InChI=1S/C16H24N2O/c1-13(2)15-7-11-18(12-8-15)16(19)4-3-14-5-9-17-10-6-14/h5-6,9-10,13,15H,3-4,7-8,11-12H2,1-2H3. The molecule has 0 saturated carbocycles. The normalized spacial score (nSPS) is 16.9. The maximum atomic E-state index is 12.2. The van der Waals surface area contributed by atoms with E-state index in [1.807, 2.05) is 17.0 Å².